The van der Waals surface area contributed by atoms with Crippen molar-refractivity contribution < 1.29 is 27.4 Å². The number of nitrogens with one attached hydrogen (secondary N) is 2. The van der Waals surface area contributed by atoms with Crippen molar-refractivity contribution in [3.8, 4) is 11.5 Å². The average Bonchev–Trinajstić information content (AvgIpc) is 3.49. The van der Waals surface area contributed by atoms with Gasteiger partial charge in [-0.25, -0.2) is 15.0 Å². The third-order valence-electron chi connectivity index (χ3n) is 5.81. The third kappa shape index (κ3) is 5.34. The summed E-state index contributed by atoms with van der Waals surface area (Å²) in [5.41, 5.74) is 0.114. The molecule has 1 aliphatic rings. The molecule has 1 atom stereocenters. The Balaban J connectivity index is 1.46. The van der Waals surface area contributed by atoms with Crippen LogP contribution in [0.1, 0.15) is 30.7 Å². The van der Waals surface area contributed by atoms with E-state index < -0.39 is 11.9 Å². The second kappa shape index (κ2) is 10.1. The number of alkyl halides is 3. The molecule has 5 heterocycles. The van der Waals surface area contributed by atoms with Crippen LogP contribution in [0, 0.1) is 0 Å². The Hall–Kier alpha value is -3.97. The smallest absolute Gasteiger partial charge is 0.433 e. The number of anilines is 3. The van der Waals surface area contributed by atoms with Crippen LogP contribution in [0.15, 0.2) is 36.7 Å². The standard InChI is InChI=1S/C24H21ClF3N7O3/c1-12(36)31-19-9-15(3-5-29-19)38-17-10-30-22-21(20(17)25)35(2)23(34-22)32-14-7-16(13-4-6-37-11-13)33-18(8-14)24(26,27)28/h3,5,7-10,13H,4,6,11H2,1-2H3,(H,29,31,36)(H,30,32,33,34). The Morgan fingerprint density at radius 2 is 2.05 bits per heavy atom. The molecule has 4 aromatic rings. The highest BCUT2D eigenvalue weighted by Gasteiger charge is 2.34. The lowest BCUT2D eigenvalue weighted by Gasteiger charge is -2.15. The van der Waals surface area contributed by atoms with Gasteiger partial charge in [-0.2, -0.15) is 18.2 Å². The van der Waals surface area contributed by atoms with E-state index in [1.807, 2.05) is 0 Å². The van der Waals surface area contributed by atoms with Crippen molar-refractivity contribution in [3.05, 3.63) is 53.1 Å². The molecule has 0 spiro atoms. The van der Waals surface area contributed by atoms with Gasteiger partial charge in [0.25, 0.3) is 0 Å². The van der Waals surface area contributed by atoms with Crippen LogP contribution in [0.5, 0.6) is 11.5 Å². The molecule has 38 heavy (non-hydrogen) atoms. The topological polar surface area (TPSA) is 116 Å². The predicted molar refractivity (Wildman–Crippen MR) is 133 cm³/mol. The van der Waals surface area contributed by atoms with Gasteiger partial charge in [0.05, 0.1) is 12.8 Å². The van der Waals surface area contributed by atoms with Crippen LogP contribution in [0.2, 0.25) is 5.02 Å². The molecule has 0 bridgehead atoms. The fourth-order valence-electron chi connectivity index (χ4n) is 4.02. The van der Waals surface area contributed by atoms with E-state index in [1.165, 1.54) is 25.4 Å². The van der Waals surface area contributed by atoms with Crippen molar-refractivity contribution in [2.75, 3.05) is 23.8 Å². The van der Waals surface area contributed by atoms with E-state index in [1.54, 1.807) is 23.7 Å². The van der Waals surface area contributed by atoms with Gasteiger partial charge < -0.3 is 24.7 Å². The lowest BCUT2D eigenvalue weighted by molar-refractivity contribution is -0.141. The summed E-state index contributed by atoms with van der Waals surface area (Å²) in [6, 6.07) is 5.59. The third-order valence-corrected chi connectivity index (χ3v) is 6.17. The molecule has 5 rings (SSSR count). The van der Waals surface area contributed by atoms with Crippen molar-refractivity contribution in [3.63, 3.8) is 0 Å². The first-order valence-corrected chi connectivity index (χ1v) is 11.8. The van der Waals surface area contributed by atoms with Crippen molar-refractivity contribution in [2.24, 2.45) is 7.05 Å². The molecule has 0 aromatic carbocycles. The lowest BCUT2D eigenvalue weighted by atomic mass is 10.0. The first-order chi connectivity index (χ1) is 18.1. The number of aromatic nitrogens is 5. The van der Waals surface area contributed by atoms with Gasteiger partial charge in [0, 0.05) is 50.1 Å². The van der Waals surface area contributed by atoms with Gasteiger partial charge in [0.15, 0.2) is 11.4 Å². The summed E-state index contributed by atoms with van der Waals surface area (Å²) < 4.78 is 53.5. The van der Waals surface area contributed by atoms with Gasteiger partial charge in [-0.05, 0) is 24.6 Å². The molecule has 2 N–H and O–H groups in total. The quantitative estimate of drug-likeness (QED) is 0.328. The summed E-state index contributed by atoms with van der Waals surface area (Å²) >= 11 is 6.62. The molecule has 1 unspecified atom stereocenters. The maximum atomic E-state index is 13.6. The van der Waals surface area contributed by atoms with E-state index in [2.05, 4.69) is 30.6 Å². The highest BCUT2D eigenvalue weighted by atomic mass is 35.5. The number of aryl methyl sites for hydroxylation is 1. The number of ether oxygens (including phenoxy) is 2. The van der Waals surface area contributed by atoms with Gasteiger partial charge in [-0.15, -0.1) is 0 Å². The van der Waals surface area contributed by atoms with E-state index in [0.29, 0.717) is 42.4 Å². The number of pyridine rings is 3. The first-order valence-electron chi connectivity index (χ1n) is 11.4. The number of nitrogens with zero attached hydrogens (tertiary/aromatic N) is 5. The van der Waals surface area contributed by atoms with Gasteiger partial charge in [0.1, 0.15) is 27.8 Å². The predicted octanol–water partition coefficient (Wildman–Crippen LogP) is 5.43. The molecule has 10 nitrogen and oxygen atoms in total. The number of carbonyl (C=O) groups excluding carboxylic acids is 1. The molecule has 1 aliphatic heterocycles. The number of halogens is 4. The Morgan fingerprint density at radius 3 is 2.76 bits per heavy atom. The first kappa shape index (κ1) is 25.7. The zero-order chi connectivity index (χ0) is 27.0. The molecule has 198 valence electrons. The van der Waals surface area contributed by atoms with E-state index >= 15 is 0 Å². The SMILES string of the molecule is CC(=O)Nc1cc(Oc2cnc3nc(Nc4cc(C5CCOC5)nc(C(F)(F)F)c4)n(C)c3c2Cl)ccn1. The monoisotopic (exact) mass is 547 g/mol. The fourth-order valence-corrected chi connectivity index (χ4v) is 4.32. The number of carbonyl (C=O) groups is 1. The van der Waals surface area contributed by atoms with Crippen molar-refractivity contribution in [1.82, 2.24) is 24.5 Å². The van der Waals surface area contributed by atoms with Crippen molar-refractivity contribution >= 4 is 46.1 Å². The van der Waals surface area contributed by atoms with Crippen LogP contribution in [0.25, 0.3) is 11.2 Å². The Labute approximate surface area is 219 Å². The van der Waals surface area contributed by atoms with Crippen molar-refractivity contribution in [1.29, 1.82) is 0 Å². The van der Waals surface area contributed by atoms with Crippen molar-refractivity contribution in [2.45, 2.75) is 25.4 Å². The fraction of sp³-hybridized carbons (Fsp3) is 0.292. The average molecular weight is 548 g/mol. The summed E-state index contributed by atoms with van der Waals surface area (Å²) in [5.74, 6) is 0.565. The minimum Gasteiger partial charge on any atom is -0.454 e. The number of hydrogen-bond acceptors (Lipinski definition) is 8. The molecule has 1 saturated heterocycles. The van der Waals surface area contributed by atoms with Gasteiger partial charge >= 0.3 is 6.18 Å². The Kier molecular flexibility index (Phi) is 6.80. The molecule has 0 aliphatic carbocycles. The number of rotatable bonds is 6. The molecular weight excluding hydrogens is 527 g/mol. The summed E-state index contributed by atoms with van der Waals surface area (Å²) in [5, 5.41) is 5.69. The highest BCUT2D eigenvalue weighted by Crippen LogP contribution is 2.37. The zero-order valence-electron chi connectivity index (χ0n) is 20.1. The summed E-state index contributed by atoms with van der Waals surface area (Å²) in [7, 11) is 1.65. The van der Waals surface area contributed by atoms with Crippen LogP contribution in [0.3, 0.4) is 0 Å². The van der Waals surface area contributed by atoms with Crippen LogP contribution < -0.4 is 15.4 Å². The van der Waals surface area contributed by atoms with E-state index in [4.69, 9.17) is 21.1 Å². The summed E-state index contributed by atoms with van der Waals surface area (Å²) in [6.07, 6.45) is -1.19. The van der Waals surface area contributed by atoms with Crippen LogP contribution in [-0.2, 0) is 22.8 Å². The number of hydrogen-bond donors (Lipinski definition) is 2. The minimum atomic E-state index is -4.62. The van der Waals surface area contributed by atoms with E-state index in [9.17, 15) is 18.0 Å². The molecule has 4 aromatic heterocycles. The second-order valence-corrected chi connectivity index (χ2v) is 8.99. The normalized spacial score (nSPS) is 15.6. The van der Waals surface area contributed by atoms with Crippen LogP contribution in [-0.4, -0.2) is 43.6 Å². The maximum absolute atomic E-state index is 13.6. The number of fused-ring (bicyclic) bond motifs is 1. The Morgan fingerprint density at radius 1 is 1.24 bits per heavy atom. The largest absolute Gasteiger partial charge is 0.454 e. The van der Waals surface area contributed by atoms with Gasteiger partial charge in [-0.1, -0.05) is 11.6 Å². The zero-order valence-corrected chi connectivity index (χ0v) is 20.9. The molecule has 14 heteroatoms. The number of amides is 1. The minimum absolute atomic E-state index is 0.169. The van der Waals surface area contributed by atoms with E-state index in [-0.39, 0.29) is 39.9 Å². The number of imidazole rings is 1. The molecular formula is C24H21ClF3N7O3. The molecule has 0 radical (unpaired) electrons. The lowest BCUT2D eigenvalue weighted by Crippen LogP contribution is -2.13. The summed E-state index contributed by atoms with van der Waals surface area (Å²) in [4.78, 5) is 27.9. The molecule has 1 fully saturated rings. The van der Waals surface area contributed by atoms with Crippen LogP contribution >= 0.6 is 11.6 Å². The van der Waals surface area contributed by atoms with Gasteiger partial charge in [-0.3, -0.25) is 4.79 Å². The maximum Gasteiger partial charge on any atom is 0.433 e. The Bertz CT molecular complexity index is 1520. The van der Waals surface area contributed by atoms with Crippen LogP contribution in [0.4, 0.5) is 30.6 Å². The summed E-state index contributed by atoms with van der Waals surface area (Å²) in [6.45, 7) is 2.14. The molecule has 1 amide bonds. The highest BCUT2D eigenvalue weighted by molar-refractivity contribution is 6.36. The second-order valence-electron chi connectivity index (χ2n) is 8.61. The van der Waals surface area contributed by atoms with E-state index in [0.717, 1.165) is 6.07 Å². The van der Waals surface area contributed by atoms with Gasteiger partial charge in [0.2, 0.25) is 11.9 Å². The molecule has 0 saturated carbocycles.